The summed E-state index contributed by atoms with van der Waals surface area (Å²) in [4.78, 5) is 13.2. The fourth-order valence-corrected chi connectivity index (χ4v) is 1.88. The van der Waals surface area contributed by atoms with Gasteiger partial charge in [0.25, 0.3) is 5.91 Å². The van der Waals surface area contributed by atoms with Gasteiger partial charge in [-0.15, -0.1) is 0 Å². The van der Waals surface area contributed by atoms with E-state index in [1.165, 1.54) is 23.1 Å². The summed E-state index contributed by atoms with van der Waals surface area (Å²) >= 11 is 0. The lowest BCUT2D eigenvalue weighted by Crippen LogP contribution is -2.21. The molecule has 3 nitrogen and oxygen atoms in total. The Bertz CT molecular complexity index is 619. The van der Waals surface area contributed by atoms with Gasteiger partial charge < -0.3 is 10.2 Å². The molecule has 0 heterocycles. The van der Waals surface area contributed by atoms with E-state index in [4.69, 9.17) is 0 Å². The topological polar surface area (TPSA) is 32.3 Å². The Kier molecular flexibility index (Phi) is 4.52. The number of rotatable bonds is 4. The van der Waals surface area contributed by atoms with Crippen molar-refractivity contribution in [1.29, 1.82) is 0 Å². The van der Waals surface area contributed by atoms with Crippen LogP contribution in [0.15, 0.2) is 42.5 Å². The molecule has 2 rings (SSSR count). The molecule has 1 N–H and O–H groups in total. The summed E-state index contributed by atoms with van der Waals surface area (Å²) < 4.78 is 27.0. The molecule has 0 radical (unpaired) electrons. The van der Waals surface area contributed by atoms with Crippen LogP contribution in [0, 0.1) is 11.6 Å². The molecule has 5 heteroatoms. The van der Waals surface area contributed by atoms with Crippen LogP contribution < -0.4 is 5.32 Å². The van der Waals surface area contributed by atoms with Crippen molar-refractivity contribution in [3.05, 3.63) is 65.2 Å². The smallest absolute Gasteiger partial charge is 0.253 e. The lowest BCUT2D eigenvalue weighted by Gasteiger charge is -2.12. The largest absolute Gasteiger partial charge is 0.381 e. The van der Waals surface area contributed by atoms with E-state index >= 15 is 0 Å². The number of amides is 1. The van der Waals surface area contributed by atoms with Crippen molar-refractivity contribution >= 4 is 11.6 Å². The molecule has 0 bridgehead atoms. The number of halogens is 2. The molecule has 1 amide bonds. The SMILES string of the molecule is CN(C)C(=O)c1ccc(NCc2c(F)cccc2F)cc1. The highest BCUT2D eigenvalue weighted by atomic mass is 19.1. The van der Waals surface area contributed by atoms with Crippen molar-refractivity contribution in [2.75, 3.05) is 19.4 Å². The fraction of sp³-hybridized carbons (Fsp3) is 0.188. The molecule has 0 fully saturated rings. The molecule has 2 aromatic rings. The summed E-state index contributed by atoms with van der Waals surface area (Å²) in [7, 11) is 3.35. The van der Waals surface area contributed by atoms with Gasteiger partial charge in [-0.05, 0) is 36.4 Å². The minimum Gasteiger partial charge on any atom is -0.381 e. The Labute approximate surface area is 122 Å². The van der Waals surface area contributed by atoms with Gasteiger partial charge in [-0.3, -0.25) is 4.79 Å². The Morgan fingerprint density at radius 3 is 2.14 bits per heavy atom. The second-order valence-corrected chi connectivity index (χ2v) is 4.83. The Morgan fingerprint density at radius 1 is 1.05 bits per heavy atom. The third-order valence-corrected chi connectivity index (χ3v) is 3.07. The third kappa shape index (κ3) is 3.56. The van der Waals surface area contributed by atoms with Crippen molar-refractivity contribution in [2.24, 2.45) is 0 Å². The third-order valence-electron chi connectivity index (χ3n) is 3.07. The molecule has 2 aromatic carbocycles. The summed E-state index contributed by atoms with van der Waals surface area (Å²) in [5.41, 5.74) is 1.24. The van der Waals surface area contributed by atoms with Crippen LogP contribution in [0.5, 0.6) is 0 Å². The first kappa shape index (κ1) is 15.0. The summed E-state index contributed by atoms with van der Waals surface area (Å²) in [6.45, 7) is 0.0412. The first-order valence-corrected chi connectivity index (χ1v) is 6.47. The molecule has 0 saturated heterocycles. The molecular weight excluding hydrogens is 274 g/mol. The number of carbonyl (C=O) groups excluding carboxylic acids is 1. The monoisotopic (exact) mass is 290 g/mol. The van der Waals surface area contributed by atoms with Gasteiger partial charge in [0, 0.05) is 37.5 Å². The van der Waals surface area contributed by atoms with Crippen LogP contribution in [-0.2, 0) is 6.54 Å². The highest BCUT2D eigenvalue weighted by molar-refractivity contribution is 5.94. The van der Waals surface area contributed by atoms with Crippen LogP contribution in [0.3, 0.4) is 0 Å². The maximum absolute atomic E-state index is 13.5. The summed E-state index contributed by atoms with van der Waals surface area (Å²) in [6.07, 6.45) is 0. The van der Waals surface area contributed by atoms with Crippen LogP contribution >= 0.6 is 0 Å². The van der Waals surface area contributed by atoms with Gasteiger partial charge in [0.05, 0.1) is 0 Å². The van der Waals surface area contributed by atoms with E-state index in [0.717, 1.165) is 0 Å². The number of benzene rings is 2. The lowest BCUT2D eigenvalue weighted by atomic mass is 10.1. The summed E-state index contributed by atoms with van der Waals surface area (Å²) in [5, 5.41) is 2.93. The fourth-order valence-electron chi connectivity index (χ4n) is 1.88. The zero-order valence-electron chi connectivity index (χ0n) is 11.9. The molecule has 0 aliphatic carbocycles. The maximum Gasteiger partial charge on any atom is 0.253 e. The number of anilines is 1. The Morgan fingerprint density at radius 2 is 1.62 bits per heavy atom. The van der Waals surface area contributed by atoms with E-state index < -0.39 is 11.6 Å². The summed E-state index contributed by atoms with van der Waals surface area (Å²) in [6, 6.07) is 10.5. The average molecular weight is 290 g/mol. The van der Waals surface area contributed by atoms with Crippen LogP contribution in [0.2, 0.25) is 0 Å². The molecule has 110 valence electrons. The molecule has 0 saturated carbocycles. The minimum atomic E-state index is -0.582. The Hall–Kier alpha value is -2.43. The number of nitrogens with one attached hydrogen (secondary N) is 1. The van der Waals surface area contributed by atoms with Gasteiger partial charge in [-0.1, -0.05) is 6.07 Å². The number of hydrogen-bond acceptors (Lipinski definition) is 2. The number of carbonyl (C=O) groups is 1. The van der Waals surface area contributed by atoms with Gasteiger partial charge in [0.15, 0.2) is 0 Å². The van der Waals surface area contributed by atoms with Crippen LogP contribution in [0.1, 0.15) is 15.9 Å². The van der Waals surface area contributed by atoms with Crippen LogP contribution in [0.25, 0.3) is 0 Å². The van der Waals surface area contributed by atoms with E-state index in [9.17, 15) is 13.6 Å². The Balaban J connectivity index is 2.06. The van der Waals surface area contributed by atoms with Crippen molar-refractivity contribution in [1.82, 2.24) is 4.90 Å². The van der Waals surface area contributed by atoms with Crippen molar-refractivity contribution < 1.29 is 13.6 Å². The lowest BCUT2D eigenvalue weighted by molar-refractivity contribution is 0.0827. The van der Waals surface area contributed by atoms with Crippen molar-refractivity contribution in [2.45, 2.75) is 6.54 Å². The average Bonchev–Trinajstić information content (AvgIpc) is 2.46. The van der Waals surface area contributed by atoms with Gasteiger partial charge in [0.2, 0.25) is 0 Å². The first-order valence-electron chi connectivity index (χ1n) is 6.47. The number of hydrogen-bond donors (Lipinski definition) is 1. The van der Waals surface area contributed by atoms with Crippen LogP contribution in [-0.4, -0.2) is 24.9 Å². The quantitative estimate of drug-likeness (QED) is 0.937. The molecule has 0 aliphatic rings. The second-order valence-electron chi connectivity index (χ2n) is 4.83. The highest BCUT2D eigenvalue weighted by Gasteiger charge is 2.09. The normalized spacial score (nSPS) is 10.3. The van der Waals surface area contributed by atoms with Gasteiger partial charge in [-0.2, -0.15) is 0 Å². The second kappa shape index (κ2) is 6.35. The van der Waals surface area contributed by atoms with E-state index in [-0.39, 0.29) is 18.0 Å². The molecule has 0 spiro atoms. The molecular formula is C16H16F2N2O. The van der Waals surface area contributed by atoms with E-state index in [1.54, 1.807) is 38.4 Å². The van der Waals surface area contributed by atoms with Gasteiger partial charge in [-0.25, -0.2) is 8.78 Å². The standard InChI is InChI=1S/C16H16F2N2O/c1-20(2)16(21)11-6-8-12(9-7-11)19-10-13-14(17)4-3-5-15(13)18/h3-9,19H,10H2,1-2H3. The van der Waals surface area contributed by atoms with E-state index in [0.29, 0.717) is 11.3 Å². The molecule has 21 heavy (non-hydrogen) atoms. The molecule has 0 atom stereocenters. The van der Waals surface area contributed by atoms with Crippen molar-refractivity contribution in [3.8, 4) is 0 Å². The number of nitrogens with zero attached hydrogens (tertiary/aromatic N) is 1. The van der Waals surface area contributed by atoms with Gasteiger partial charge in [0.1, 0.15) is 11.6 Å². The highest BCUT2D eigenvalue weighted by Crippen LogP contribution is 2.16. The maximum atomic E-state index is 13.5. The van der Waals surface area contributed by atoms with Crippen molar-refractivity contribution in [3.63, 3.8) is 0 Å². The predicted molar refractivity (Wildman–Crippen MR) is 78.1 cm³/mol. The first-order chi connectivity index (χ1) is 9.99. The summed E-state index contributed by atoms with van der Waals surface area (Å²) in [5.74, 6) is -1.26. The van der Waals surface area contributed by atoms with Gasteiger partial charge >= 0.3 is 0 Å². The van der Waals surface area contributed by atoms with E-state index in [1.807, 2.05) is 0 Å². The molecule has 0 aliphatic heterocycles. The minimum absolute atomic E-state index is 0.00838. The predicted octanol–water partition coefficient (Wildman–Crippen LogP) is 3.28. The molecule has 0 unspecified atom stereocenters. The van der Waals surface area contributed by atoms with E-state index in [2.05, 4.69) is 5.32 Å². The van der Waals surface area contributed by atoms with Crippen LogP contribution in [0.4, 0.5) is 14.5 Å². The molecule has 0 aromatic heterocycles. The zero-order chi connectivity index (χ0) is 15.4. The zero-order valence-corrected chi connectivity index (χ0v) is 11.9.